The van der Waals surface area contributed by atoms with Gasteiger partial charge in [0.25, 0.3) is 5.91 Å². The molecular formula is C16H12BrN3OS. The lowest BCUT2D eigenvalue weighted by molar-refractivity contribution is -0.115. The number of hydrogen-bond acceptors (Lipinski definition) is 4. The van der Waals surface area contributed by atoms with Crippen molar-refractivity contribution in [1.82, 2.24) is 5.32 Å². The van der Waals surface area contributed by atoms with Gasteiger partial charge in [-0.3, -0.25) is 15.5 Å². The van der Waals surface area contributed by atoms with Crippen molar-refractivity contribution in [2.75, 3.05) is 5.43 Å². The van der Waals surface area contributed by atoms with E-state index in [9.17, 15) is 4.79 Å². The SMILES string of the molecule is O=C1N/C(=N\Nc2ccccc2)S/C1=C\c1cccc(Br)c1. The molecule has 0 radical (unpaired) electrons. The number of benzene rings is 2. The molecule has 1 heterocycles. The van der Waals surface area contributed by atoms with Crippen molar-refractivity contribution in [3.63, 3.8) is 0 Å². The number of carbonyl (C=O) groups is 1. The normalized spacial score (nSPS) is 17.8. The van der Waals surface area contributed by atoms with Crippen molar-refractivity contribution in [3.8, 4) is 0 Å². The van der Waals surface area contributed by atoms with Gasteiger partial charge in [0.05, 0.1) is 10.6 Å². The average molecular weight is 374 g/mol. The molecule has 3 rings (SSSR count). The van der Waals surface area contributed by atoms with Crippen LogP contribution in [0.25, 0.3) is 6.08 Å². The van der Waals surface area contributed by atoms with Crippen molar-refractivity contribution in [1.29, 1.82) is 0 Å². The third-order valence-corrected chi connectivity index (χ3v) is 4.26. The molecule has 6 heteroatoms. The summed E-state index contributed by atoms with van der Waals surface area (Å²) in [5.41, 5.74) is 4.75. The standard InChI is InChI=1S/C16H12BrN3OS/c17-12-6-4-5-11(9-12)10-14-15(21)18-16(22-14)20-19-13-7-2-1-3-8-13/h1-10,19H,(H,18,20,21)/b14-10-. The van der Waals surface area contributed by atoms with Gasteiger partial charge in [0.2, 0.25) is 0 Å². The molecule has 4 nitrogen and oxygen atoms in total. The summed E-state index contributed by atoms with van der Waals surface area (Å²) in [4.78, 5) is 12.6. The zero-order chi connectivity index (χ0) is 15.4. The molecule has 0 saturated carbocycles. The van der Waals surface area contributed by atoms with Gasteiger partial charge < -0.3 is 0 Å². The van der Waals surface area contributed by atoms with Crippen LogP contribution in [0.4, 0.5) is 5.69 Å². The van der Waals surface area contributed by atoms with E-state index in [1.54, 1.807) is 0 Å². The Labute approximate surface area is 140 Å². The first kappa shape index (κ1) is 14.9. The number of hydrazone groups is 1. The Kier molecular flexibility index (Phi) is 4.60. The van der Waals surface area contributed by atoms with E-state index in [-0.39, 0.29) is 5.91 Å². The molecule has 110 valence electrons. The fourth-order valence-corrected chi connectivity index (χ4v) is 3.06. The molecule has 1 amide bonds. The summed E-state index contributed by atoms with van der Waals surface area (Å²) < 4.78 is 0.977. The third kappa shape index (κ3) is 3.78. The zero-order valence-electron chi connectivity index (χ0n) is 11.4. The van der Waals surface area contributed by atoms with Gasteiger partial charge in [0, 0.05) is 4.47 Å². The summed E-state index contributed by atoms with van der Waals surface area (Å²) in [5, 5.41) is 7.48. The number of thioether (sulfide) groups is 1. The first-order chi connectivity index (χ1) is 10.7. The number of halogens is 1. The van der Waals surface area contributed by atoms with Crippen LogP contribution in [0.2, 0.25) is 0 Å². The molecule has 1 aliphatic rings. The summed E-state index contributed by atoms with van der Waals surface area (Å²) in [6.45, 7) is 0. The van der Waals surface area contributed by atoms with Crippen LogP contribution in [-0.4, -0.2) is 11.1 Å². The topological polar surface area (TPSA) is 53.5 Å². The van der Waals surface area contributed by atoms with Crippen LogP contribution in [0.3, 0.4) is 0 Å². The van der Waals surface area contributed by atoms with Crippen molar-refractivity contribution < 1.29 is 4.79 Å². The van der Waals surface area contributed by atoms with Gasteiger partial charge in [-0.15, -0.1) is 5.10 Å². The van der Waals surface area contributed by atoms with Crippen LogP contribution in [0.15, 0.2) is 69.1 Å². The molecule has 2 aromatic rings. The molecule has 0 bridgehead atoms. The van der Waals surface area contributed by atoms with Gasteiger partial charge in [-0.1, -0.05) is 46.3 Å². The maximum atomic E-state index is 12.0. The van der Waals surface area contributed by atoms with E-state index in [1.165, 1.54) is 11.8 Å². The predicted octanol–water partition coefficient (Wildman–Crippen LogP) is 4.04. The quantitative estimate of drug-likeness (QED) is 0.630. The summed E-state index contributed by atoms with van der Waals surface area (Å²) in [6.07, 6.45) is 1.84. The van der Waals surface area contributed by atoms with E-state index in [0.717, 1.165) is 15.7 Å². The Balaban J connectivity index is 1.73. The highest BCUT2D eigenvalue weighted by molar-refractivity contribution is 9.10. The monoisotopic (exact) mass is 373 g/mol. The zero-order valence-corrected chi connectivity index (χ0v) is 13.8. The lowest BCUT2D eigenvalue weighted by Crippen LogP contribution is -2.20. The minimum Gasteiger partial charge on any atom is -0.299 e. The summed E-state index contributed by atoms with van der Waals surface area (Å²) >= 11 is 4.73. The molecule has 1 fully saturated rings. The summed E-state index contributed by atoms with van der Waals surface area (Å²) in [7, 11) is 0. The highest BCUT2D eigenvalue weighted by Gasteiger charge is 2.23. The maximum Gasteiger partial charge on any atom is 0.264 e. The number of amides is 1. The number of carbonyl (C=O) groups excluding carboxylic acids is 1. The summed E-state index contributed by atoms with van der Waals surface area (Å²) in [5.74, 6) is -0.140. The first-order valence-electron chi connectivity index (χ1n) is 6.56. The number of rotatable bonds is 3. The Morgan fingerprint density at radius 2 is 1.95 bits per heavy atom. The Morgan fingerprint density at radius 3 is 2.73 bits per heavy atom. The number of nitrogens with one attached hydrogen (secondary N) is 2. The third-order valence-electron chi connectivity index (χ3n) is 2.86. The number of hydrogen-bond donors (Lipinski definition) is 2. The van der Waals surface area contributed by atoms with E-state index in [0.29, 0.717) is 10.1 Å². The van der Waals surface area contributed by atoms with Gasteiger partial charge >= 0.3 is 0 Å². The van der Waals surface area contributed by atoms with E-state index in [4.69, 9.17) is 0 Å². The fraction of sp³-hybridized carbons (Fsp3) is 0. The minimum absolute atomic E-state index is 0.140. The highest BCUT2D eigenvalue weighted by Crippen LogP contribution is 2.26. The van der Waals surface area contributed by atoms with Crippen molar-refractivity contribution in [3.05, 3.63) is 69.5 Å². The van der Waals surface area contributed by atoms with Crippen LogP contribution < -0.4 is 10.7 Å². The molecule has 0 aliphatic carbocycles. The van der Waals surface area contributed by atoms with Crippen LogP contribution in [0.1, 0.15) is 5.56 Å². The second-order valence-corrected chi connectivity index (χ2v) is 6.46. The van der Waals surface area contributed by atoms with Crippen LogP contribution >= 0.6 is 27.7 Å². The van der Waals surface area contributed by atoms with Crippen molar-refractivity contribution >= 4 is 50.5 Å². The van der Waals surface area contributed by atoms with Gasteiger partial charge in [0.1, 0.15) is 0 Å². The van der Waals surface area contributed by atoms with Crippen LogP contribution in [0, 0.1) is 0 Å². The number of anilines is 1. The van der Waals surface area contributed by atoms with Crippen LogP contribution in [-0.2, 0) is 4.79 Å². The van der Waals surface area contributed by atoms with Gasteiger partial charge in [-0.05, 0) is 47.7 Å². The Hall–Kier alpha value is -2.05. The second kappa shape index (κ2) is 6.81. The van der Waals surface area contributed by atoms with Gasteiger partial charge in [0.15, 0.2) is 5.17 Å². The molecule has 0 spiro atoms. The predicted molar refractivity (Wildman–Crippen MR) is 95.4 cm³/mol. The molecule has 0 aromatic heterocycles. The lowest BCUT2D eigenvalue weighted by Gasteiger charge is -1.99. The van der Waals surface area contributed by atoms with E-state index < -0.39 is 0 Å². The molecule has 0 unspecified atom stereocenters. The largest absolute Gasteiger partial charge is 0.299 e. The average Bonchev–Trinajstić information content (AvgIpc) is 2.86. The molecule has 2 N–H and O–H groups in total. The number of amidine groups is 1. The Bertz CT molecular complexity index is 759. The fourth-order valence-electron chi connectivity index (χ4n) is 1.86. The number of para-hydroxylation sites is 1. The molecular weight excluding hydrogens is 362 g/mol. The molecule has 22 heavy (non-hydrogen) atoms. The van der Waals surface area contributed by atoms with Crippen LogP contribution in [0.5, 0.6) is 0 Å². The van der Waals surface area contributed by atoms with Crippen molar-refractivity contribution in [2.45, 2.75) is 0 Å². The smallest absolute Gasteiger partial charge is 0.264 e. The Morgan fingerprint density at radius 1 is 1.14 bits per heavy atom. The lowest BCUT2D eigenvalue weighted by atomic mass is 10.2. The minimum atomic E-state index is -0.140. The van der Waals surface area contributed by atoms with E-state index in [2.05, 4.69) is 31.8 Å². The van der Waals surface area contributed by atoms with Crippen molar-refractivity contribution in [2.24, 2.45) is 5.10 Å². The maximum absolute atomic E-state index is 12.0. The molecule has 2 aromatic carbocycles. The first-order valence-corrected chi connectivity index (χ1v) is 8.17. The van der Waals surface area contributed by atoms with E-state index >= 15 is 0 Å². The highest BCUT2D eigenvalue weighted by atomic mass is 79.9. The second-order valence-electron chi connectivity index (χ2n) is 4.51. The molecule has 1 aliphatic heterocycles. The molecule has 0 atom stereocenters. The number of nitrogens with zero attached hydrogens (tertiary/aromatic N) is 1. The summed E-state index contributed by atoms with van der Waals surface area (Å²) in [6, 6.07) is 17.4. The van der Waals surface area contributed by atoms with E-state index in [1.807, 2.05) is 60.7 Å². The van der Waals surface area contributed by atoms with Gasteiger partial charge in [-0.25, -0.2) is 0 Å². The molecule has 1 saturated heterocycles. The van der Waals surface area contributed by atoms with Gasteiger partial charge in [-0.2, -0.15) is 0 Å².